The summed E-state index contributed by atoms with van der Waals surface area (Å²) in [5.41, 5.74) is 8.43. The molecule has 0 aromatic heterocycles. The number of halogens is 1. The van der Waals surface area contributed by atoms with Gasteiger partial charge < -0.3 is 10.6 Å². The van der Waals surface area contributed by atoms with Crippen LogP contribution in [0.2, 0.25) is 0 Å². The normalized spacial score (nSPS) is 16.8. The number of rotatable bonds is 4. The summed E-state index contributed by atoms with van der Waals surface area (Å²) in [7, 11) is 2.23. The van der Waals surface area contributed by atoms with Crippen molar-refractivity contribution in [3.05, 3.63) is 28.2 Å². The van der Waals surface area contributed by atoms with Crippen LogP contribution in [-0.2, 0) is 6.42 Å². The van der Waals surface area contributed by atoms with E-state index in [2.05, 4.69) is 46.1 Å². The maximum Gasteiger partial charge on any atom is 0.0410 e. The molecule has 1 aliphatic rings. The largest absolute Gasteiger partial charge is 0.371 e. The van der Waals surface area contributed by atoms with Crippen molar-refractivity contribution in [1.82, 2.24) is 0 Å². The van der Waals surface area contributed by atoms with Crippen LogP contribution in [0.4, 0.5) is 5.69 Å². The molecule has 0 saturated heterocycles. The molecule has 2 rings (SSSR count). The van der Waals surface area contributed by atoms with Crippen molar-refractivity contribution in [1.29, 1.82) is 0 Å². The molecule has 0 amide bonds. The molecule has 18 heavy (non-hydrogen) atoms. The van der Waals surface area contributed by atoms with E-state index in [-0.39, 0.29) is 0 Å². The van der Waals surface area contributed by atoms with Gasteiger partial charge in [-0.2, -0.15) is 0 Å². The molecule has 0 heterocycles. The van der Waals surface area contributed by atoms with Crippen molar-refractivity contribution in [2.24, 2.45) is 5.73 Å². The van der Waals surface area contributed by atoms with E-state index in [1.54, 1.807) is 0 Å². The van der Waals surface area contributed by atoms with Crippen LogP contribution in [0, 0.1) is 0 Å². The lowest BCUT2D eigenvalue weighted by Gasteiger charge is -2.34. The molecule has 1 saturated carbocycles. The van der Waals surface area contributed by atoms with Crippen molar-refractivity contribution in [2.75, 3.05) is 18.5 Å². The van der Waals surface area contributed by atoms with Crippen molar-refractivity contribution in [3.63, 3.8) is 0 Å². The van der Waals surface area contributed by atoms with E-state index >= 15 is 0 Å². The van der Waals surface area contributed by atoms with E-state index in [0.29, 0.717) is 12.6 Å². The molecule has 1 fully saturated rings. The minimum absolute atomic E-state index is 0.699. The van der Waals surface area contributed by atoms with Crippen molar-refractivity contribution >= 4 is 21.6 Å². The van der Waals surface area contributed by atoms with E-state index < -0.39 is 0 Å². The van der Waals surface area contributed by atoms with Gasteiger partial charge in [-0.1, -0.05) is 41.3 Å². The van der Waals surface area contributed by atoms with Gasteiger partial charge in [0.15, 0.2) is 0 Å². The number of hydrogen-bond donors (Lipinski definition) is 1. The Morgan fingerprint density at radius 1 is 1.28 bits per heavy atom. The van der Waals surface area contributed by atoms with Gasteiger partial charge in [-0.3, -0.25) is 0 Å². The second-order valence-corrected chi connectivity index (χ2v) is 6.13. The van der Waals surface area contributed by atoms with Crippen molar-refractivity contribution in [2.45, 2.75) is 44.6 Å². The molecule has 0 spiro atoms. The third kappa shape index (κ3) is 3.27. The van der Waals surface area contributed by atoms with Gasteiger partial charge in [0.2, 0.25) is 0 Å². The molecule has 0 aliphatic heterocycles. The Kier molecular flexibility index (Phi) is 5.07. The van der Waals surface area contributed by atoms with Gasteiger partial charge in [0.05, 0.1) is 0 Å². The highest BCUT2D eigenvalue weighted by atomic mass is 79.9. The first-order valence-corrected chi connectivity index (χ1v) is 7.73. The first-order chi connectivity index (χ1) is 8.72. The molecule has 0 bridgehead atoms. The van der Waals surface area contributed by atoms with Crippen LogP contribution >= 0.6 is 15.9 Å². The van der Waals surface area contributed by atoms with Gasteiger partial charge in [0.25, 0.3) is 0 Å². The van der Waals surface area contributed by atoms with E-state index in [0.717, 1.165) is 10.9 Å². The van der Waals surface area contributed by atoms with Crippen LogP contribution < -0.4 is 10.6 Å². The van der Waals surface area contributed by atoms with E-state index in [1.165, 1.54) is 43.4 Å². The van der Waals surface area contributed by atoms with Crippen LogP contribution in [0.5, 0.6) is 0 Å². The highest BCUT2D eigenvalue weighted by molar-refractivity contribution is 9.10. The summed E-state index contributed by atoms with van der Waals surface area (Å²) in [6, 6.07) is 7.25. The van der Waals surface area contributed by atoms with Crippen LogP contribution in [0.25, 0.3) is 0 Å². The molecule has 1 aromatic carbocycles. The average Bonchev–Trinajstić information content (AvgIpc) is 2.41. The van der Waals surface area contributed by atoms with Crippen molar-refractivity contribution < 1.29 is 0 Å². The summed E-state index contributed by atoms with van der Waals surface area (Å²) in [6.07, 6.45) is 7.75. The Hall–Kier alpha value is -0.540. The lowest BCUT2D eigenvalue weighted by molar-refractivity contribution is 0.427. The lowest BCUT2D eigenvalue weighted by Crippen LogP contribution is -2.34. The third-order valence-corrected chi connectivity index (χ3v) is 4.46. The van der Waals surface area contributed by atoms with Crippen LogP contribution in [-0.4, -0.2) is 19.6 Å². The maximum atomic E-state index is 5.72. The van der Waals surface area contributed by atoms with Gasteiger partial charge in [-0.05, 0) is 43.5 Å². The van der Waals surface area contributed by atoms with E-state index in [9.17, 15) is 0 Å². The summed E-state index contributed by atoms with van der Waals surface area (Å²) in [5, 5.41) is 0. The second kappa shape index (κ2) is 6.58. The Morgan fingerprint density at radius 3 is 2.67 bits per heavy atom. The number of hydrogen-bond acceptors (Lipinski definition) is 2. The molecule has 1 aromatic rings. The van der Waals surface area contributed by atoms with Crippen LogP contribution in [0.1, 0.15) is 37.7 Å². The molecule has 0 atom stereocenters. The Balaban J connectivity index is 2.21. The van der Waals surface area contributed by atoms with Gasteiger partial charge in [0.1, 0.15) is 0 Å². The minimum Gasteiger partial charge on any atom is -0.371 e. The second-order valence-electron chi connectivity index (χ2n) is 5.21. The predicted molar refractivity (Wildman–Crippen MR) is 82.2 cm³/mol. The smallest absolute Gasteiger partial charge is 0.0410 e. The first kappa shape index (κ1) is 13.9. The molecule has 0 unspecified atom stereocenters. The zero-order chi connectivity index (χ0) is 13.0. The molecule has 2 N–H and O–H groups in total. The lowest BCUT2D eigenvalue weighted by atomic mass is 9.93. The maximum absolute atomic E-state index is 5.72. The topological polar surface area (TPSA) is 29.3 Å². The van der Waals surface area contributed by atoms with Gasteiger partial charge >= 0.3 is 0 Å². The molecule has 1 aliphatic carbocycles. The fraction of sp³-hybridized carbons (Fsp3) is 0.600. The molecular weight excluding hydrogens is 288 g/mol. The Bertz CT molecular complexity index is 386. The van der Waals surface area contributed by atoms with E-state index in [4.69, 9.17) is 5.73 Å². The summed E-state index contributed by atoms with van der Waals surface area (Å²) in [4.78, 5) is 2.47. The zero-order valence-electron chi connectivity index (χ0n) is 11.2. The monoisotopic (exact) mass is 310 g/mol. The Morgan fingerprint density at radius 2 is 2.00 bits per heavy atom. The SMILES string of the molecule is CN(c1cc(Br)ccc1CCN)C1CCCCC1. The number of anilines is 1. The highest BCUT2D eigenvalue weighted by Crippen LogP contribution is 2.30. The number of benzene rings is 1. The molecule has 3 heteroatoms. The quantitative estimate of drug-likeness (QED) is 0.918. The van der Waals surface area contributed by atoms with Crippen molar-refractivity contribution in [3.8, 4) is 0 Å². The van der Waals surface area contributed by atoms with Gasteiger partial charge in [0, 0.05) is 23.2 Å². The summed E-state index contributed by atoms with van der Waals surface area (Å²) in [6.45, 7) is 0.715. The first-order valence-electron chi connectivity index (χ1n) is 6.93. The predicted octanol–water partition coefficient (Wildman–Crippen LogP) is 3.72. The summed E-state index contributed by atoms with van der Waals surface area (Å²) >= 11 is 3.58. The zero-order valence-corrected chi connectivity index (χ0v) is 12.7. The minimum atomic E-state index is 0.699. The fourth-order valence-electron chi connectivity index (χ4n) is 2.90. The molecular formula is C15H23BrN2. The third-order valence-electron chi connectivity index (χ3n) is 3.96. The van der Waals surface area contributed by atoms with Crippen LogP contribution in [0.3, 0.4) is 0 Å². The Labute approximate surface area is 119 Å². The fourth-order valence-corrected chi connectivity index (χ4v) is 3.25. The van der Waals surface area contributed by atoms with Gasteiger partial charge in [-0.15, -0.1) is 0 Å². The standard InChI is InChI=1S/C15H23BrN2/c1-18(14-5-3-2-4-6-14)15-11-13(16)8-7-12(15)9-10-17/h7-8,11,14H,2-6,9-10,17H2,1H3. The summed E-state index contributed by atoms with van der Waals surface area (Å²) < 4.78 is 1.15. The highest BCUT2D eigenvalue weighted by Gasteiger charge is 2.20. The van der Waals surface area contributed by atoms with Crippen LogP contribution in [0.15, 0.2) is 22.7 Å². The molecule has 100 valence electrons. The molecule has 0 radical (unpaired) electrons. The summed E-state index contributed by atoms with van der Waals surface area (Å²) in [5.74, 6) is 0. The number of nitrogens with zero attached hydrogens (tertiary/aromatic N) is 1. The molecule has 2 nitrogen and oxygen atoms in total. The van der Waals surface area contributed by atoms with E-state index in [1.807, 2.05) is 0 Å². The van der Waals surface area contributed by atoms with Gasteiger partial charge in [-0.25, -0.2) is 0 Å². The number of nitrogens with two attached hydrogens (primary N) is 1. The average molecular weight is 311 g/mol.